The lowest BCUT2D eigenvalue weighted by molar-refractivity contribution is -0.384. The third kappa shape index (κ3) is 4.99. The third-order valence-corrected chi connectivity index (χ3v) is 2.63. The molecular formula is C12H14BrNO3. The number of unbranched alkanes of at least 4 members (excludes halogenated alkanes) is 1. The number of hydrogen-bond acceptors (Lipinski definition) is 3. The Bertz CT molecular complexity index is 401. The number of non-ortho nitro benzene ring substituents is 1. The fourth-order valence-electron chi connectivity index (χ4n) is 1.18. The van der Waals surface area contributed by atoms with Crippen molar-refractivity contribution in [1.82, 2.24) is 0 Å². The van der Waals surface area contributed by atoms with E-state index in [4.69, 9.17) is 4.74 Å². The minimum atomic E-state index is -0.430. The van der Waals surface area contributed by atoms with Gasteiger partial charge >= 0.3 is 0 Å². The van der Waals surface area contributed by atoms with Crippen molar-refractivity contribution in [2.45, 2.75) is 19.8 Å². The van der Waals surface area contributed by atoms with Gasteiger partial charge in [-0.3, -0.25) is 10.1 Å². The average molecular weight is 300 g/mol. The lowest BCUT2D eigenvalue weighted by Gasteiger charge is -2.04. The van der Waals surface area contributed by atoms with E-state index in [0.717, 1.165) is 17.3 Å². The van der Waals surface area contributed by atoms with Crippen molar-refractivity contribution in [3.05, 3.63) is 44.9 Å². The van der Waals surface area contributed by atoms with Crippen LogP contribution >= 0.6 is 15.9 Å². The van der Waals surface area contributed by atoms with Crippen LogP contribution in [0.15, 0.2) is 34.8 Å². The van der Waals surface area contributed by atoms with Crippen molar-refractivity contribution in [3.63, 3.8) is 0 Å². The molecule has 1 aromatic rings. The smallest absolute Gasteiger partial charge is 0.269 e. The zero-order valence-electron chi connectivity index (χ0n) is 9.56. The number of ether oxygens (including phenoxy) is 1. The molecule has 0 unspecified atom stereocenters. The zero-order valence-corrected chi connectivity index (χ0v) is 11.1. The Morgan fingerprint density at radius 1 is 1.47 bits per heavy atom. The number of nitrogens with zero attached hydrogens (tertiary/aromatic N) is 1. The minimum absolute atomic E-state index is 0.0675. The monoisotopic (exact) mass is 299 g/mol. The van der Waals surface area contributed by atoms with Gasteiger partial charge in [-0.05, 0) is 18.6 Å². The summed E-state index contributed by atoms with van der Waals surface area (Å²) in [5.41, 5.74) is 0.0675. The topological polar surface area (TPSA) is 52.4 Å². The zero-order chi connectivity index (χ0) is 12.7. The number of halogens is 1. The molecule has 17 heavy (non-hydrogen) atoms. The molecule has 4 nitrogen and oxygen atoms in total. The predicted molar refractivity (Wildman–Crippen MR) is 70.5 cm³/mol. The van der Waals surface area contributed by atoms with Crippen molar-refractivity contribution < 1.29 is 9.66 Å². The Hall–Kier alpha value is -1.36. The number of nitro groups is 1. The highest BCUT2D eigenvalue weighted by atomic mass is 79.9. The highest BCUT2D eigenvalue weighted by molar-refractivity contribution is 9.11. The molecule has 0 aliphatic rings. The molecule has 0 aliphatic carbocycles. The van der Waals surface area contributed by atoms with Crippen molar-refractivity contribution in [2.75, 3.05) is 6.61 Å². The second-order valence-electron chi connectivity index (χ2n) is 3.48. The maximum absolute atomic E-state index is 10.4. The number of hydrogen-bond donors (Lipinski definition) is 0. The van der Waals surface area contributed by atoms with Gasteiger partial charge < -0.3 is 4.74 Å². The van der Waals surface area contributed by atoms with E-state index in [1.54, 1.807) is 12.1 Å². The fourth-order valence-corrected chi connectivity index (χ4v) is 1.52. The van der Waals surface area contributed by atoms with E-state index in [-0.39, 0.29) is 5.69 Å². The quantitative estimate of drug-likeness (QED) is 0.588. The molecule has 0 saturated heterocycles. The maximum Gasteiger partial charge on any atom is 0.269 e. The molecule has 0 bridgehead atoms. The van der Waals surface area contributed by atoms with Crippen LogP contribution in [0.1, 0.15) is 19.8 Å². The van der Waals surface area contributed by atoms with Crippen LogP contribution in [0.5, 0.6) is 5.75 Å². The van der Waals surface area contributed by atoms with Crippen molar-refractivity contribution in [3.8, 4) is 5.75 Å². The van der Waals surface area contributed by atoms with Crippen LogP contribution in [0.4, 0.5) is 5.69 Å². The molecular weight excluding hydrogens is 286 g/mol. The Balaban J connectivity index is 2.50. The lowest BCUT2D eigenvalue weighted by Crippen LogP contribution is -1.97. The summed E-state index contributed by atoms with van der Waals surface area (Å²) in [4.78, 5) is 10.0. The highest BCUT2D eigenvalue weighted by Crippen LogP contribution is 2.18. The SMILES string of the molecule is CCC/C=C(/Br)COc1ccc([N+](=O)[O-])cc1. The largest absolute Gasteiger partial charge is 0.488 e. The normalized spacial score (nSPS) is 11.3. The Morgan fingerprint density at radius 2 is 2.12 bits per heavy atom. The van der Waals surface area contributed by atoms with Crippen molar-refractivity contribution >= 4 is 21.6 Å². The van der Waals surface area contributed by atoms with E-state index in [9.17, 15) is 10.1 Å². The fraction of sp³-hybridized carbons (Fsp3) is 0.333. The summed E-state index contributed by atoms with van der Waals surface area (Å²) in [7, 11) is 0. The molecule has 0 aliphatic heterocycles. The molecule has 0 amide bonds. The van der Waals surface area contributed by atoms with Crippen molar-refractivity contribution in [1.29, 1.82) is 0 Å². The first-order valence-corrected chi connectivity index (χ1v) is 6.14. The summed E-state index contributed by atoms with van der Waals surface area (Å²) in [5, 5.41) is 10.4. The van der Waals surface area contributed by atoms with Gasteiger partial charge in [0.05, 0.1) is 4.92 Å². The Labute approximate surface area is 109 Å². The van der Waals surface area contributed by atoms with Crippen molar-refractivity contribution in [2.24, 2.45) is 0 Å². The van der Waals surface area contributed by atoms with Crippen LogP contribution in [0, 0.1) is 10.1 Å². The Morgan fingerprint density at radius 3 is 2.65 bits per heavy atom. The number of nitro benzene ring substituents is 1. The molecule has 1 rings (SSSR count). The molecule has 0 atom stereocenters. The van der Waals surface area contributed by atoms with Crippen LogP contribution in [0.2, 0.25) is 0 Å². The molecule has 0 fully saturated rings. The van der Waals surface area contributed by atoms with Gasteiger partial charge in [0.2, 0.25) is 0 Å². The first-order chi connectivity index (χ1) is 8.13. The molecule has 1 aromatic carbocycles. The van der Waals surface area contributed by atoms with Crippen LogP contribution in [-0.2, 0) is 0 Å². The first kappa shape index (κ1) is 13.7. The first-order valence-electron chi connectivity index (χ1n) is 5.35. The van der Waals surface area contributed by atoms with Crippen LogP contribution < -0.4 is 4.74 Å². The lowest BCUT2D eigenvalue weighted by atomic mass is 10.3. The second-order valence-corrected chi connectivity index (χ2v) is 4.50. The summed E-state index contributed by atoms with van der Waals surface area (Å²) in [6.45, 7) is 2.55. The molecule has 0 heterocycles. The molecule has 0 N–H and O–H groups in total. The molecule has 0 radical (unpaired) electrons. The summed E-state index contributed by atoms with van der Waals surface area (Å²) in [6, 6.07) is 6.05. The number of benzene rings is 1. The van der Waals surface area contributed by atoms with E-state index >= 15 is 0 Å². The van der Waals surface area contributed by atoms with Gasteiger partial charge in [-0.1, -0.05) is 35.4 Å². The molecule has 0 spiro atoms. The van der Waals surface area contributed by atoms with Crippen LogP contribution in [0.3, 0.4) is 0 Å². The summed E-state index contributed by atoms with van der Waals surface area (Å²) in [6.07, 6.45) is 4.15. The van der Waals surface area contributed by atoms with Gasteiger partial charge in [0.15, 0.2) is 0 Å². The molecule has 0 aromatic heterocycles. The molecule has 5 heteroatoms. The minimum Gasteiger partial charge on any atom is -0.488 e. The number of rotatable bonds is 6. The van der Waals surface area contributed by atoms with Gasteiger partial charge in [0.1, 0.15) is 12.4 Å². The highest BCUT2D eigenvalue weighted by Gasteiger charge is 2.04. The number of allylic oxidation sites excluding steroid dienone is 1. The summed E-state index contributed by atoms with van der Waals surface area (Å²) < 4.78 is 6.45. The van der Waals surface area contributed by atoms with Crippen LogP contribution in [0.25, 0.3) is 0 Å². The summed E-state index contributed by atoms with van der Waals surface area (Å²) >= 11 is 3.40. The molecule has 92 valence electrons. The Kier molecular flexibility index (Phi) is 5.69. The standard InChI is InChI=1S/C12H14BrNO3/c1-2-3-4-10(13)9-17-12-7-5-11(6-8-12)14(15)16/h4-8H,2-3,9H2,1H3/b10-4+. The summed E-state index contributed by atoms with van der Waals surface area (Å²) in [5.74, 6) is 0.623. The van der Waals surface area contributed by atoms with Gasteiger partial charge in [-0.25, -0.2) is 0 Å². The van der Waals surface area contributed by atoms with E-state index in [1.807, 2.05) is 0 Å². The van der Waals surface area contributed by atoms with Gasteiger partial charge in [0, 0.05) is 16.6 Å². The van der Waals surface area contributed by atoms with Crippen LogP contribution in [-0.4, -0.2) is 11.5 Å². The van der Waals surface area contributed by atoms with Gasteiger partial charge in [-0.2, -0.15) is 0 Å². The van der Waals surface area contributed by atoms with E-state index in [1.165, 1.54) is 12.1 Å². The predicted octanol–water partition coefficient (Wildman–Crippen LogP) is 4.05. The average Bonchev–Trinajstić information content (AvgIpc) is 2.34. The van der Waals surface area contributed by atoms with E-state index < -0.39 is 4.92 Å². The van der Waals surface area contributed by atoms with E-state index in [0.29, 0.717) is 12.4 Å². The van der Waals surface area contributed by atoms with E-state index in [2.05, 4.69) is 28.9 Å². The molecule has 0 saturated carbocycles. The van der Waals surface area contributed by atoms with Gasteiger partial charge in [0.25, 0.3) is 5.69 Å². The third-order valence-electron chi connectivity index (χ3n) is 2.08. The van der Waals surface area contributed by atoms with Gasteiger partial charge in [-0.15, -0.1) is 0 Å². The second kappa shape index (κ2) is 7.06. The maximum atomic E-state index is 10.4.